The van der Waals surface area contributed by atoms with Gasteiger partial charge in [0.2, 0.25) is 10.0 Å². The number of halogens is 1. The van der Waals surface area contributed by atoms with Crippen LogP contribution in [0.2, 0.25) is 0 Å². The topological polar surface area (TPSA) is 72.2 Å². The van der Waals surface area contributed by atoms with Crippen LogP contribution in [-0.4, -0.2) is 8.42 Å². The standard InChI is InChI=1S/C13H15BrN2O2S2/c1-9-13(6-12(7-15)19-9)20(17,18)16-8-10-3-2-4-11(14)5-10/h2-6,16H,7-8,15H2,1H3. The quantitative estimate of drug-likeness (QED) is 0.844. The molecule has 0 aliphatic carbocycles. The molecule has 0 fully saturated rings. The summed E-state index contributed by atoms with van der Waals surface area (Å²) in [5.74, 6) is 0. The van der Waals surface area contributed by atoms with Crippen molar-refractivity contribution in [3.8, 4) is 0 Å². The highest BCUT2D eigenvalue weighted by molar-refractivity contribution is 9.10. The van der Waals surface area contributed by atoms with Crippen molar-refractivity contribution in [1.82, 2.24) is 4.72 Å². The molecule has 7 heteroatoms. The minimum Gasteiger partial charge on any atom is -0.326 e. The molecule has 0 aliphatic rings. The molecule has 2 aromatic rings. The van der Waals surface area contributed by atoms with Crippen molar-refractivity contribution >= 4 is 37.3 Å². The van der Waals surface area contributed by atoms with Crippen LogP contribution in [0.5, 0.6) is 0 Å². The van der Waals surface area contributed by atoms with E-state index in [0.29, 0.717) is 11.4 Å². The Morgan fingerprint density at radius 3 is 2.70 bits per heavy atom. The zero-order chi connectivity index (χ0) is 14.8. The molecule has 1 aromatic heterocycles. The maximum atomic E-state index is 12.3. The lowest BCUT2D eigenvalue weighted by Crippen LogP contribution is -2.23. The second-order valence-electron chi connectivity index (χ2n) is 4.29. The lowest BCUT2D eigenvalue weighted by molar-refractivity contribution is 0.581. The third kappa shape index (κ3) is 3.67. The molecule has 0 radical (unpaired) electrons. The van der Waals surface area contributed by atoms with E-state index >= 15 is 0 Å². The Labute approximate surface area is 131 Å². The fourth-order valence-corrected chi connectivity index (χ4v) is 4.77. The first kappa shape index (κ1) is 15.7. The van der Waals surface area contributed by atoms with Gasteiger partial charge in [-0.3, -0.25) is 0 Å². The fraction of sp³-hybridized carbons (Fsp3) is 0.231. The first-order chi connectivity index (χ1) is 9.42. The zero-order valence-electron chi connectivity index (χ0n) is 10.9. The van der Waals surface area contributed by atoms with Gasteiger partial charge in [-0.05, 0) is 30.7 Å². The SMILES string of the molecule is Cc1sc(CN)cc1S(=O)(=O)NCc1cccc(Br)c1. The normalized spacial score (nSPS) is 11.8. The molecule has 1 aromatic carbocycles. The number of sulfonamides is 1. The summed E-state index contributed by atoms with van der Waals surface area (Å²) in [6.45, 7) is 2.40. The van der Waals surface area contributed by atoms with E-state index in [1.807, 2.05) is 24.3 Å². The zero-order valence-corrected chi connectivity index (χ0v) is 14.1. The van der Waals surface area contributed by atoms with Crippen LogP contribution in [-0.2, 0) is 23.1 Å². The smallest absolute Gasteiger partial charge is 0.241 e. The molecule has 3 N–H and O–H groups in total. The second-order valence-corrected chi connectivity index (χ2v) is 8.28. The van der Waals surface area contributed by atoms with E-state index in [-0.39, 0.29) is 6.54 Å². The van der Waals surface area contributed by atoms with Crippen molar-refractivity contribution in [2.75, 3.05) is 0 Å². The largest absolute Gasteiger partial charge is 0.326 e. The summed E-state index contributed by atoms with van der Waals surface area (Å²) in [6.07, 6.45) is 0. The molecular formula is C13H15BrN2O2S2. The predicted molar refractivity (Wildman–Crippen MR) is 85.1 cm³/mol. The molecule has 0 aliphatic heterocycles. The van der Waals surface area contributed by atoms with Crippen molar-refractivity contribution in [3.05, 3.63) is 50.1 Å². The first-order valence-corrected chi connectivity index (χ1v) is 9.05. The van der Waals surface area contributed by atoms with Gasteiger partial charge in [0.05, 0.1) is 4.90 Å². The Hall–Kier alpha value is -0.730. The van der Waals surface area contributed by atoms with Crippen molar-refractivity contribution in [3.63, 3.8) is 0 Å². The van der Waals surface area contributed by atoms with Gasteiger partial charge in [-0.15, -0.1) is 11.3 Å². The van der Waals surface area contributed by atoms with Crippen LogP contribution >= 0.6 is 27.3 Å². The van der Waals surface area contributed by atoms with Gasteiger partial charge in [0.25, 0.3) is 0 Å². The number of nitrogens with one attached hydrogen (secondary N) is 1. The molecule has 4 nitrogen and oxygen atoms in total. The van der Waals surface area contributed by atoms with Gasteiger partial charge in [0, 0.05) is 27.3 Å². The molecule has 0 saturated heterocycles. The number of hydrogen-bond donors (Lipinski definition) is 2. The van der Waals surface area contributed by atoms with Crippen molar-refractivity contribution in [1.29, 1.82) is 0 Å². The minimum atomic E-state index is -3.50. The molecule has 0 unspecified atom stereocenters. The van der Waals surface area contributed by atoms with Gasteiger partial charge < -0.3 is 5.73 Å². The minimum absolute atomic E-state index is 0.259. The van der Waals surface area contributed by atoms with Gasteiger partial charge in [-0.1, -0.05) is 28.1 Å². The summed E-state index contributed by atoms with van der Waals surface area (Å²) in [6, 6.07) is 9.17. The van der Waals surface area contributed by atoms with E-state index in [1.54, 1.807) is 13.0 Å². The van der Waals surface area contributed by atoms with E-state index in [9.17, 15) is 8.42 Å². The molecule has 2 rings (SSSR count). The molecule has 0 atom stereocenters. The fourth-order valence-electron chi connectivity index (χ4n) is 1.79. The van der Waals surface area contributed by atoms with E-state index in [2.05, 4.69) is 20.7 Å². The molecule has 0 saturated carbocycles. The summed E-state index contributed by atoms with van der Waals surface area (Å²) >= 11 is 4.78. The summed E-state index contributed by atoms with van der Waals surface area (Å²) < 4.78 is 28.1. The average Bonchev–Trinajstić information content (AvgIpc) is 2.79. The van der Waals surface area contributed by atoms with Crippen LogP contribution in [0.15, 0.2) is 39.7 Å². The summed E-state index contributed by atoms with van der Waals surface area (Å²) in [7, 11) is -3.50. The summed E-state index contributed by atoms with van der Waals surface area (Å²) in [5, 5.41) is 0. The maximum Gasteiger partial charge on any atom is 0.241 e. The average molecular weight is 375 g/mol. The van der Waals surface area contributed by atoms with Crippen molar-refractivity contribution in [2.45, 2.75) is 24.9 Å². The maximum absolute atomic E-state index is 12.3. The Morgan fingerprint density at radius 1 is 1.35 bits per heavy atom. The predicted octanol–water partition coefficient (Wildman–Crippen LogP) is 2.76. The van der Waals surface area contributed by atoms with Crippen LogP contribution in [0.4, 0.5) is 0 Å². The number of aryl methyl sites for hydroxylation is 1. The molecule has 0 bridgehead atoms. The lowest BCUT2D eigenvalue weighted by Gasteiger charge is -2.06. The molecule has 1 heterocycles. The number of nitrogens with two attached hydrogens (primary N) is 1. The number of thiophene rings is 1. The Kier molecular flexibility index (Phi) is 4.98. The number of rotatable bonds is 5. The van der Waals surface area contributed by atoms with Crippen LogP contribution < -0.4 is 10.5 Å². The highest BCUT2D eigenvalue weighted by Crippen LogP contribution is 2.25. The molecule has 0 spiro atoms. The molecular weight excluding hydrogens is 360 g/mol. The number of benzene rings is 1. The second kappa shape index (κ2) is 6.36. The Bertz CT molecular complexity index is 711. The van der Waals surface area contributed by atoms with E-state index in [4.69, 9.17) is 5.73 Å². The van der Waals surface area contributed by atoms with Gasteiger partial charge in [-0.2, -0.15) is 0 Å². The Balaban J connectivity index is 2.17. The van der Waals surface area contributed by atoms with E-state index < -0.39 is 10.0 Å². The molecule has 108 valence electrons. The number of hydrogen-bond acceptors (Lipinski definition) is 4. The van der Waals surface area contributed by atoms with Crippen LogP contribution in [0.25, 0.3) is 0 Å². The summed E-state index contributed by atoms with van der Waals surface area (Å²) in [5.41, 5.74) is 6.44. The van der Waals surface area contributed by atoms with Crippen molar-refractivity contribution < 1.29 is 8.42 Å². The van der Waals surface area contributed by atoms with Gasteiger partial charge in [0.15, 0.2) is 0 Å². The molecule has 0 amide bonds. The van der Waals surface area contributed by atoms with Gasteiger partial charge >= 0.3 is 0 Å². The summed E-state index contributed by atoms with van der Waals surface area (Å²) in [4.78, 5) is 1.94. The third-order valence-electron chi connectivity index (χ3n) is 2.77. The van der Waals surface area contributed by atoms with Crippen LogP contribution in [0, 0.1) is 6.92 Å². The monoisotopic (exact) mass is 374 g/mol. The van der Waals surface area contributed by atoms with Crippen LogP contribution in [0.1, 0.15) is 15.3 Å². The van der Waals surface area contributed by atoms with Crippen LogP contribution in [0.3, 0.4) is 0 Å². The lowest BCUT2D eigenvalue weighted by atomic mass is 10.2. The van der Waals surface area contributed by atoms with E-state index in [1.165, 1.54) is 11.3 Å². The Morgan fingerprint density at radius 2 is 2.10 bits per heavy atom. The van der Waals surface area contributed by atoms with Crippen molar-refractivity contribution in [2.24, 2.45) is 5.73 Å². The highest BCUT2D eigenvalue weighted by atomic mass is 79.9. The highest BCUT2D eigenvalue weighted by Gasteiger charge is 2.19. The van der Waals surface area contributed by atoms with Gasteiger partial charge in [-0.25, -0.2) is 13.1 Å². The van der Waals surface area contributed by atoms with Gasteiger partial charge in [0.1, 0.15) is 0 Å². The first-order valence-electron chi connectivity index (χ1n) is 5.96. The molecule has 20 heavy (non-hydrogen) atoms. The van der Waals surface area contributed by atoms with E-state index in [0.717, 1.165) is 19.8 Å². The third-order valence-corrected chi connectivity index (χ3v) is 5.99.